The SMILES string of the molecule is C#CCC(N)C(=O)Nc1cc(OC)c(OC)cc1Cl. The number of amides is 1. The quantitative estimate of drug-likeness (QED) is 0.806. The number of anilines is 1. The summed E-state index contributed by atoms with van der Waals surface area (Å²) in [5.41, 5.74) is 5.98. The molecule has 19 heavy (non-hydrogen) atoms. The van der Waals surface area contributed by atoms with Gasteiger partial charge in [0.15, 0.2) is 11.5 Å². The van der Waals surface area contributed by atoms with Crippen molar-refractivity contribution in [3.63, 3.8) is 0 Å². The number of hydrogen-bond donors (Lipinski definition) is 2. The zero-order chi connectivity index (χ0) is 14.4. The number of hydrogen-bond acceptors (Lipinski definition) is 4. The molecule has 0 radical (unpaired) electrons. The maximum absolute atomic E-state index is 11.7. The van der Waals surface area contributed by atoms with Crippen LogP contribution in [0, 0.1) is 12.3 Å². The minimum Gasteiger partial charge on any atom is -0.493 e. The highest BCUT2D eigenvalue weighted by molar-refractivity contribution is 6.34. The van der Waals surface area contributed by atoms with E-state index in [2.05, 4.69) is 11.2 Å². The Bertz CT molecular complexity index is 511. The third-order valence-corrected chi connectivity index (χ3v) is 2.72. The summed E-state index contributed by atoms with van der Waals surface area (Å²) in [6, 6.07) is 2.32. The monoisotopic (exact) mass is 282 g/mol. The normalized spacial score (nSPS) is 11.3. The Kier molecular flexibility index (Phi) is 5.49. The first-order valence-corrected chi connectivity index (χ1v) is 5.82. The summed E-state index contributed by atoms with van der Waals surface area (Å²) < 4.78 is 10.2. The van der Waals surface area contributed by atoms with Crippen LogP contribution in [0.3, 0.4) is 0 Å². The minimum absolute atomic E-state index is 0.150. The number of nitrogens with one attached hydrogen (secondary N) is 1. The molecule has 0 saturated carbocycles. The van der Waals surface area contributed by atoms with Crippen molar-refractivity contribution in [2.24, 2.45) is 5.73 Å². The Morgan fingerprint density at radius 3 is 2.58 bits per heavy atom. The molecule has 0 aliphatic heterocycles. The maximum atomic E-state index is 11.7. The number of carbonyl (C=O) groups is 1. The van der Waals surface area contributed by atoms with E-state index < -0.39 is 11.9 Å². The average Bonchev–Trinajstić information content (AvgIpc) is 2.40. The molecule has 102 valence electrons. The molecule has 0 aliphatic rings. The Hall–Kier alpha value is -1.90. The smallest absolute Gasteiger partial charge is 0.242 e. The van der Waals surface area contributed by atoms with Crippen molar-refractivity contribution in [1.29, 1.82) is 0 Å². The van der Waals surface area contributed by atoms with Gasteiger partial charge in [0.2, 0.25) is 5.91 Å². The number of carbonyl (C=O) groups excluding carboxylic acids is 1. The van der Waals surface area contributed by atoms with E-state index >= 15 is 0 Å². The van der Waals surface area contributed by atoms with Crippen LogP contribution in [0.2, 0.25) is 5.02 Å². The summed E-state index contributed by atoms with van der Waals surface area (Å²) in [5, 5.41) is 2.91. The van der Waals surface area contributed by atoms with Crippen LogP contribution in [0.1, 0.15) is 6.42 Å². The second kappa shape index (κ2) is 6.88. The average molecular weight is 283 g/mol. The Morgan fingerprint density at radius 1 is 1.47 bits per heavy atom. The molecular weight excluding hydrogens is 268 g/mol. The fraction of sp³-hybridized carbons (Fsp3) is 0.308. The van der Waals surface area contributed by atoms with Gasteiger partial charge < -0.3 is 20.5 Å². The molecule has 1 aromatic rings. The number of nitrogens with two attached hydrogens (primary N) is 1. The lowest BCUT2D eigenvalue weighted by atomic mass is 10.2. The number of rotatable bonds is 5. The first kappa shape index (κ1) is 15.2. The van der Waals surface area contributed by atoms with E-state index in [0.29, 0.717) is 22.2 Å². The van der Waals surface area contributed by atoms with Crippen LogP contribution in [-0.2, 0) is 4.79 Å². The van der Waals surface area contributed by atoms with Crippen LogP contribution in [0.5, 0.6) is 11.5 Å². The highest BCUT2D eigenvalue weighted by Gasteiger charge is 2.16. The lowest BCUT2D eigenvalue weighted by molar-refractivity contribution is -0.117. The summed E-state index contributed by atoms with van der Waals surface area (Å²) in [6.45, 7) is 0. The first-order chi connectivity index (χ1) is 9.03. The van der Waals surface area contributed by atoms with Crippen LogP contribution in [-0.4, -0.2) is 26.2 Å². The van der Waals surface area contributed by atoms with Crippen molar-refractivity contribution in [2.75, 3.05) is 19.5 Å². The van der Waals surface area contributed by atoms with Gasteiger partial charge in [-0.2, -0.15) is 0 Å². The lowest BCUT2D eigenvalue weighted by Crippen LogP contribution is -2.35. The van der Waals surface area contributed by atoms with Crippen LogP contribution >= 0.6 is 11.6 Å². The molecule has 0 aliphatic carbocycles. The van der Waals surface area contributed by atoms with Crippen molar-refractivity contribution in [3.8, 4) is 23.8 Å². The summed E-state index contributed by atoms with van der Waals surface area (Å²) in [5.74, 6) is 2.84. The van der Waals surface area contributed by atoms with Crippen LogP contribution in [0.4, 0.5) is 5.69 Å². The molecule has 1 atom stereocenters. The van der Waals surface area contributed by atoms with Crippen molar-refractivity contribution in [3.05, 3.63) is 17.2 Å². The predicted molar refractivity (Wildman–Crippen MR) is 74.6 cm³/mol. The predicted octanol–water partition coefficient (Wildman–Crippen LogP) is 1.65. The second-order valence-electron chi connectivity index (χ2n) is 3.69. The highest BCUT2D eigenvalue weighted by atomic mass is 35.5. The topological polar surface area (TPSA) is 73.6 Å². The van der Waals surface area contributed by atoms with Gasteiger partial charge in [0.1, 0.15) is 0 Å². The third kappa shape index (κ3) is 3.78. The van der Waals surface area contributed by atoms with Crippen molar-refractivity contribution in [2.45, 2.75) is 12.5 Å². The van der Waals surface area contributed by atoms with E-state index in [4.69, 9.17) is 33.2 Å². The zero-order valence-corrected chi connectivity index (χ0v) is 11.5. The lowest BCUT2D eigenvalue weighted by Gasteiger charge is -2.14. The number of terminal acetylenes is 1. The summed E-state index contributed by atoms with van der Waals surface area (Å²) >= 11 is 6.03. The third-order valence-electron chi connectivity index (χ3n) is 2.41. The molecule has 1 amide bonds. The fourth-order valence-electron chi connectivity index (χ4n) is 1.40. The molecule has 1 unspecified atom stereocenters. The first-order valence-electron chi connectivity index (χ1n) is 5.45. The molecule has 0 aromatic heterocycles. The summed E-state index contributed by atoms with van der Waals surface area (Å²) in [4.78, 5) is 11.7. The zero-order valence-electron chi connectivity index (χ0n) is 10.7. The Labute approximate surface area is 117 Å². The van der Waals surface area contributed by atoms with Gasteiger partial charge in [0.05, 0.1) is 31.0 Å². The molecule has 1 aromatic carbocycles. The molecule has 1 rings (SSSR count). The number of methoxy groups -OCH3 is 2. The highest BCUT2D eigenvalue weighted by Crippen LogP contribution is 2.35. The second-order valence-corrected chi connectivity index (χ2v) is 4.10. The Balaban J connectivity index is 2.96. The maximum Gasteiger partial charge on any atom is 0.242 e. The minimum atomic E-state index is -0.783. The van der Waals surface area contributed by atoms with Gasteiger partial charge in [0.25, 0.3) is 0 Å². The molecular formula is C13H15ClN2O3. The van der Waals surface area contributed by atoms with E-state index in [1.807, 2.05) is 0 Å². The van der Waals surface area contributed by atoms with Crippen LogP contribution in [0.25, 0.3) is 0 Å². The van der Waals surface area contributed by atoms with E-state index in [1.54, 1.807) is 12.1 Å². The molecule has 0 saturated heterocycles. The molecule has 0 fully saturated rings. The van der Waals surface area contributed by atoms with E-state index in [1.165, 1.54) is 14.2 Å². The number of halogens is 1. The van der Waals surface area contributed by atoms with Gasteiger partial charge in [-0.25, -0.2) is 0 Å². The van der Waals surface area contributed by atoms with E-state index in [-0.39, 0.29) is 6.42 Å². The van der Waals surface area contributed by atoms with Crippen LogP contribution < -0.4 is 20.5 Å². The van der Waals surface area contributed by atoms with Gasteiger partial charge in [-0.05, 0) is 0 Å². The molecule has 0 heterocycles. The van der Waals surface area contributed by atoms with Crippen molar-refractivity contribution in [1.82, 2.24) is 0 Å². The van der Waals surface area contributed by atoms with Crippen molar-refractivity contribution < 1.29 is 14.3 Å². The van der Waals surface area contributed by atoms with Gasteiger partial charge in [-0.3, -0.25) is 4.79 Å². The van der Waals surface area contributed by atoms with Crippen molar-refractivity contribution >= 4 is 23.2 Å². The number of benzene rings is 1. The largest absolute Gasteiger partial charge is 0.493 e. The Morgan fingerprint density at radius 2 is 2.05 bits per heavy atom. The van der Waals surface area contributed by atoms with E-state index in [0.717, 1.165) is 0 Å². The summed E-state index contributed by atoms with van der Waals surface area (Å²) in [7, 11) is 2.98. The number of ether oxygens (including phenoxy) is 2. The van der Waals surface area contributed by atoms with E-state index in [9.17, 15) is 4.79 Å². The van der Waals surface area contributed by atoms with Gasteiger partial charge in [-0.15, -0.1) is 12.3 Å². The molecule has 3 N–H and O–H groups in total. The standard InChI is InChI=1S/C13H15ClN2O3/c1-4-5-9(15)13(17)16-10-7-12(19-3)11(18-2)6-8(10)14/h1,6-7,9H,5,15H2,2-3H3,(H,16,17). The molecule has 0 spiro atoms. The van der Waals surface area contributed by atoms with Crippen LogP contribution in [0.15, 0.2) is 12.1 Å². The molecule has 6 heteroatoms. The summed E-state index contributed by atoms with van der Waals surface area (Å²) in [6.07, 6.45) is 5.25. The molecule has 0 bridgehead atoms. The fourth-order valence-corrected chi connectivity index (χ4v) is 1.60. The van der Waals surface area contributed by atoms with Gasteiger partial charge in [0, 0.05) is 18.6 Å². The van der Waals surface area contributed by atoms with Gasteiger partial charge in [-0.1, -0.05) is 11.6 Å². The molecule has 5 nitrogen and oxygen atoms in total. The van der Waals surface area contributed by atoms with Gasteiger partial charge >= 0.3 is 0 Å².